The Balaban J connectivity index is 2.57. The molecular weight excluding hydrogens is 593 g/mol. The number of sulfonamides is 1. The molecule has 17 heteroatoms. The summed E-state index contributed by atoms with van der Waals surface area (Å²) in [7, 11) is -5.03. The van der Waals surface area contributed by atoms with Crippen LogP contribution < -0.4 is 9.62 Å². The van der Waals surface area contributed by atoms with Crippen LogP contribution in [0.4, 0.5) is 46.9 Å². The Morgan fingerprint density at radius 2 is 1.66 bits per heavy atom. The van der Waals surface area contributed by atoms with Gasteiger partial charge in [0.2, 0.25) is 5.60 Å². The van der Waals surface area contributed by atoms with E-state index in [1.807, 2.05) is 5.32 Å². The van der Waals surface area contributed by atoms with Gasteiger partial charge < -0.3 is 14.9 Å². The molecule has 0 fully saturated rings. The summed E-state index contributed by atoms with van der Waals surface area (Å²) in [5, 5.41) is 21.4. The molecular formula is C24H25F7N2O7S. The molecule has 0 aliphatic carbocycles. The summed E-state index contributed by atoms with van der Waals surface area (Å²) < 4.78 is 125. The van der Waals surface area contributed by atoms with Crippen molar-refractivity contribution >= 4 is 33.5 Å². The molecule has 3 N–H and O–H groups in total. The Morgan fingerprint density at radius 1 is 1.05 bits per heavy atom. The minimum Gasteiger partial charge on any atom is -0.506 e. The summed E-state index contributed by atoms with van der Waals surface area (Å²) in [5.41, 5.74) is -5.84. The van der Waals surface area contributed by atoms with E-state index in [-0.39, 0.29) is 24.2 Å². The lowest BCUT2D eigenvalue weighted by atomic mass is 10.0. The zero-order valence-electron chi connectivity index (χ0n) is 21.6. The first-order chi connectivity index (χ1) is 18.6. The fourth-order valence-electron chi connectivity index (χ4n) is 3.35. The van der Waals surface area contributed by atoms with Crippen LogP contribution in [-0.4, -0.2) is 49.0 Å². The first-order valence-corrected chi connectivity index (χ1v) is 13.0. The number of carbonyl (C=O) groups excluding carboxylic acids is 1. The van der Waals surface area contributed by atoms with Crippen molar-refractivity contribution in [2.75, 3.05) is 16.2 Å². The lowest BCUT2D eigenvalue weighted by Crippen LogP contribution is -2.44. The number of phenolic OH excluding ortho intramolecular Hbond substituents is 1. The Hall–Kier alpha value is -3.76. The Morgan fingerprint density at radius 3 is 2.20 bits per heavy atom. The van der Waals surface area contributed by atoms with Crippen molar-refractivity contribution in [3.63, 3.8) is 0 Å². The highest BCUT2D eigenvalue weighted by Gasteiger charge is 2.51. The van der Waals surface area contributed by atoms with E-state index in [1.165, 1.54) is 6.92 Å². The van der Waals surface area contributed by atoms with Crippen molar-refractivity contribution in [3.05, 3.63) is 47.8 Å². The Bertz CT molecular complexity index is 1390. The van der Waals surface area contributed by atoms with Crippen molar-refractivity contribution in [1.82, 2.24) is 0 Å². The smallest absolute Gasteiger partial charge is 0.427 e. The van der Waals surface area contributed by atoms with Crippen molar-refractivity contribution in [2.45, 2.75) is 56.5 Å². The quantitative estimate of drug-likeness (QED) is 0.215. The van der Waals surface area contributed by atoms with E-state index in [0.29, 0.717) is 24.2 Å². The zero-order valence-corrected chi connectivity index (χ0v) is 22.4. The number of hydrogen-bond acceptors (Lipinski definition) is 6. The van der Waals surface area contributed by atoms with Gasteiger partial charge in [-0.3, -0.25) is 14.4 Å². The minimum atomic E-state index is -5.27. The number of phenols is 1. The number of hydrogen-bond donors (Lipinski definition) is 3. The van der Waals surface area contributed by atoms with Crippen LogP contribution in [0.5, 0.6) is 5.75 Å². The van der Waals surface area contributed by atoms with Gasteiger partial charge in [0.1, 0.15) is 11.6 Å². The molecule has 2 aromatic carbocycles. The van der Waals surface area contributed by atoms with Crippen molar-refractivity contribution in [1.29, 1.82) is 0 Å². The molecule has 41 heavy (non-hydrogen) atoms. The molecule has 0 heterocycles. The van der Waals surface area contributed by atoms with Gasteiger partial charge in [0, 0.05) is 18.7 Å². The van der Waals surface area contributed by atoms with Crippen LogP contribution in [0.3, 0.4) is 0 Å². The summed E-state index contributed by atoms with van der Waals surface area (Å²) in [6.07, 6.45) is -12.4. The van der Waals surface area contributed by atoms with E-state index < -0.39 is 86.6 Å². The number of ether oxygens (including phenoxy) is 1. The number of nitrogens with one attached hydrogen (secondary N) is 1. The van der Waals surface area contributed by atoms with E-state index in [9.17, 15) is 53.8 Å². The average Bonchev–Trinajstić information content (AvgIpc) is 2.78. The molecule has 0 radical (unpaired) electrons. The summed E-state index contributed by atoms with van der Waals surface area (Å²) in [6.45, 7) is 1.96. The molecule has 0 aliphatic rings. The Kier molecular flexibility index (Phi) is 9.79. The highest BCUT2D eigenvalue weighted by atomic mass is 32.2. The van der Waals surface area contributed by atoms with E-state index in [0.717, 1.165) is 18.2 Å². The maximum absolute atomic E-state index is 13.8. The lowest BCUT2D eigenvalue weighted by Gasteiger charge is -2.28. The number of rotatable bonds is 10. The number of anilines is 2. The predicted octanol–water partition coefficient (Wildman–Crippen LogP) is 6.14. The third-order valence-electron chi connectivity index (χ3n) is 5.70. The number of amides is 1. The molecule has 0 spiro atoms. The number of aliphatic carboxylic acids is 1. The zero-order chi connectivity index (χ0) is 31.6. The van der Waals surface area contributed by atoms with E-state index in [1.54, 1.807) is 0 Å². The molecule has 2 aromatic rings. The topological polar surface area (TPSA) is 133 Å². The van der Waals surface area contributed by atoms with E-state index >= 15 is 0 Å². The summed E-state index contributed by atoms with van der Waals surface area (Å²) in [5.74, 6) is -4.44. The molecule has 9 nitrogen and oxygen atoms in total. The van der Waals surface area contributed by atoms with Gasteiger partial charge in [0.05, 0.1) is 16.1 Å². The molecule has 0 aromatic heterocycles. The van der Waals surface area contributed by atoms with E-state index in [2.05, 4.69) is 4.74 Å². The molecule has 1 unspecified atom stereocenters. The molecule has 0 saturated carbocycles. The molecule has 228 valence electrons. The second kappa shape index (κ2) is 12.0. The first-order valence-electron chi connectivity index (χ1n) is 11.6. The number of nitrogens with zero attached hydrogens (tertiary/aromatic N) is 1. The van der Waals surface area contributed by atoms with Crippen molar-refractivity contribution in [3.8, 4) is 5.75 Å². The molecule has 2 rings (SSSR count). The maximum atomic E-state index is 13.8. The standard InChI is InChI=1S/C24H25F7N2O7S/c1-13(10-20(35)36)8-9-33(41(38,39)15-5-6-17(25)16(12-15)23(26,27)28)18-11-14(4-7-19(18)34)32-21(37)40-22(2,3)24(29,30)31/h4-7,11-13,34H,8-10H2,1-3H3,(H,32,37)(H,35,36). The monoisotopic (exact) mass is 618 g/mol. The number of aromatic hydroxyl groups is 1. The highest BCUT2D eigenvalue weighted by Crippen LogP contribution is 2.38. The van der Waals surface area contributed by atoms with Crippen LogP contribution in [0.2, 0.25) is 0 Å². The number of halogens is 7. The van der Waals surface area contributed by atoms with Gasteiger partial charge in [-0.2, -0.15) is 26.3 Å². The van der Waals surface area contributed by atoms with Crippen LogP contribution in [0.1, 0.15) is 39.2 Å². The largest absolute Gasteiger partial charge is 0.506 e. The van der Waals surface area contributed by atoms with Gasteiger partial charge in [-0.25, -0.2) is 17.6 Å². The van der Waals surface area contributed by atoms with Crippen LogP contribution >= 0.6 is 0 Å². The SMILES string of the molecule is CC(CCN(c1cc(NC(=O)OC(C)(C)C(F)(F)F)ccc1O)S(=O)(=O)c1ccc(F)c(C(F)(F)F)c1)CC(=O)O. The number of benzene rings is 2. The third kappa shape index (κ3) is 8.37. The van der Waals surface area contributed by atoms with Gasteiger partial charge in [-0.15, -0.1) is 0 Å². The second-order valence-corrected chi connectivity index (χ2v) is 11.3. The number of carbonyl (C=O) groups is 2. The maximum Gasteiger partial charge on any atom is 0.427 e. The van der Waals surface area contributed by atoms with Crippen LogP contribution in [0.15, 0.2) is 41.3 Å². The van der Waals surface area contributed by atoms with Crippen molar-refractivity contribution < 1.29 is 63.7 Å². The van der Waals surface area contributed by atoms with Gasteiger partial charge in [-0.1, -0.05) is 6.92 Å². The lowest BCUT2D eigenvalue weighted by molar-refractivity contribution is -0.242. The summed E-state index contributed by atoms with van der Waals surface area (Å²) in [4.78, 5) is 22.1. The molecule has 1 atom stereocenters. The molecule has 0 bridgehead atoms. The fourth-order valence-corrected chi connectivity index (χ4v) is 4.86. The average molecular weight is 619 g/mol. The molecule has 1 amide bonds. The molecule has 0 saturated heterocycles. The number of alkyl halides is 6. The predicted molar refractivity (Wildman–Crippen MR) is 130 cm³/mol. The van der Waals surface area contributed by atoms with Crippen molar-refractivity contribution in [2.24, 2.45) is 5.92 Å². The van der Waals surface area contributed by atoms with Crippen LogP contribution in [-0.2, 0) is 25.7 Å². The summed E-state index contributed by atoms with van der Waals surface area (Å²) in [6, 6.07) is 3.46. The number of carboxylic acids is 1. The van der Waals surface area contributed by atoms with Crippen LogP contribution in [0, 0.1) is 11.7 Å². The van der Waals surface area contributed by atoms with Gasteiger partial charge >= 0.3 is 24.4 Å². The highest BCUT2D eigenvalue weighted by molar-refractivity contribution is 7.92. The van der Waals surface area contributed by atoms with Gasteiger partial charge in [-0.05, 0) is 62.6 Å². The van der Waals surface area contributed by atoms with Crippen LogP contribution in [0.25, 0.3) is 0 Å². The first kappa shape index (κ1) is 33.4. The fraction of sp³-hybridized carbons (Fsp3) is 0.417. The normalized spacial score (nSPS) is 13.4. The van der Waals surface area contributed by atoms with Gasteiger partial charge in [0.25, 0.3) is 10.0 Å². The minimum absolute atomic E-state index is 0.0358. The number of carboxylic acid groups (broad SMARTS) is 1. The molecule has 0 aliphatic heterocycles. The van der Waals surface area contributed by atoms with E-state index in [4.69, 9.17) is 5.11 Å². The summed E-state index contributed by atoms with van der Waals surface area (Å²) >= 11 is 0. The third-order valence-corrected chi connectivity index (χ3v) is 7.51. The Labute approximate surface area is 229 Å². The van der Waals surface area contributed by atoms with Gasteiger partial charge in [0.15, 0.2) is 0 Å². The second-order valence-electron chi connectivity index (χ2n) is 9.43.